The summed E-state index contributed by atoms with van der Waals surface area (Å²) in [6.07, 6.45) is -0.163. The highest BCUT2D eigenvalue weighted by molar-refractivity contribution is 5.92. The van der Waals surface area contributed by atoms with E-state index >= 15 is 0 Å². The van der Waals surface area contributed by atoms with Crippen LogP contribution in [0.2, 0.25) is 0 Å². The number of fused-ring (bicyclic) bond motifs is 1. The van der Waals surface area contributed by atoms with Crippen LogP contribution in [0.1, 0.15) is 26.3 Å². The van der Waals surface area contributed by atoms with Gasteiger partial charge < -0.3 is 9.84 Å². The smallest absolute Gasteiger partial charge is 0.415 e. The molecule has 1 aromatic carbocycles. The summed E-state index contributed by atoms with van der Waals surface area (Å²) in [5, 5.41) is 20.3. The van der Waals surface area contributed by atoms with E-state index in [1.807, 2.05) is 0 Å². The Hall–Kier alpha value is -2.15. The van der Waals surface area contributed by atoms with Crippen molar-refractivity contribution in [2.24, 2.45) is 0 Å². The van der Waals surface area contributed by atoms with E-state index in [0.717, 1.165) is 5.56 Å². The van der Waals surface area contributed by atoms with Gasteiger partial charge in [-0.2, -0.15) is 0 Å². The summed E-state index contributed by atoms with van der Waals surface area (Å²) in [6.45, 7) is 4.98. The minimum atomic E-state index is -0.680. The van der Waals surface area contributed by atoms with E-state index in [1.165, 1.54) is 17.0 Å². The van der Waals surface area contributed by atoms with Crippen LogP contribution in [0.15, 0.2) is 18.2 Å². The first-order chi connectivity index (χ1) is 9.73. The predicted octanol–water partition coefficient (Wildman–Crippen LogP) is 2.25. The second-order valence-corrected chi connectivity index (χ2v) is 5.96. The Balaban J connectivity index is 2.38. The summed E-state index contributed by atoms with van der Waals surface area (Å²) in [5.41, 5.74) is 0.435. The molecular weight excluding hydrogens is 276 g/mol. The zero-order valence-corrected chi connectivity index (χ0v) is 12.2. The third-order valence-corrected chi connectivity index (χ3v) is 3.16. The fourth-order valence-electron chi connectivity index (χ4n) is 2.31. The Morgan fingerprint density at radius 1 is 1.52 bits per heavy atom. The van der Waals surface area contributed by atoms with Gasteiger partial charge in [-0.1, -0.05) is 6.07 Å². The Morgan fingerprint density at radius 2 is 2.19 bits per heavy atom. The number of benzene rings is 1. The molecule has 7 heteroatoms. The standard InChI is InChI=1S/C14H18N2O5/c1-14(2,3)21-13(18)15-11(8-17)6-9-4-5-10(16(19)20)7-12(9)15/h4-5,7,11,17H,6,8H2,1-3H3/t11-/m0/s1. The lowest BCUT2D eigenvalue weighted by Crippen LogP contribution is -2.43. The molecule has 114 valence electrons. The maximum atomic E-state index is 12.3. The van der Waals surface area contributed by atoms with Gasteiger partial charge in [0.25, 0.3) is 5.69 Å². The van der Waals surface area contributed by atoms with E-state index in [9.17, 15) is 20.0 Å². The first-order valence-corrected chi connectivity index (χ1v) is 6.63. The highest BCUT2D eigenvalue weighted by atomic mass is 16.6. The molecule has 0 bridgehead atoms. The SMILES string of the molecule is CC(C)(C)OC(=O)N1c2cc([N+](=O)[O-])ccc2C[C@H]1CO. The monoisotopic (exact) mass is 294 g/mol. The first kappa shape index (κ1) is 15.2. The number of non-ortho nitro benzene ring substituents is 1. The number of ether oxygens (including phenoxy) is 1. The molecule has 7 nitrogen and oxygen atoms in total. The first-order valence-electron chi connectivity index (χ1n) is 6.63. The molecule has 0 radical (unpaired) electrons. The normalized spacial score (nSPS) is 17.5. The molecule has 0 spiro atoms. The summed E-state index contributed by atoms with van der Waals surface area (Å²) in [6, 6.07) is 3.89. The number of carbonyl (C=O) groups excluding carboxylic acids is 1. The molecule has 0 aromatic heterocycles. The molecule has 0 unspecified atom stereocenters. The second kappa shape index (κ2) is 5.33. The molecule has 0 saturated heterocycles. The van der Waals surface area contributed by atoms with Gasteiger partial charge in [0.15, 0.2) is 0 Å². The van der Waals surface area contributed by atoms with Crippen LogP contribution in [0.5, 0.6) is 0 Å². The van der Waals surface area contributed by atoms with E-state index in [-0.39, 0.29) is 12.3 Å². The van der Waals surface area contributed by atoms with Crippen LogP contribution < -0.4 is 4.90 Å². The second-order valence-electron chi connectivity index (χ2n) is 5.96. The van der Waals surface area contributed by atoms with Gasteiger partial charge in [-0.25, -0.2) is 4.79 Å². The van der Waals surface area contributed by atoms with Crippen molar-refractivity contribution in [1.82, 2.24) is 0 Å². The average Bonchev–Trinajstić information content (AvgIpc) is 2.73. The molecule has 0 fully saturated rings. The molecule has 1 aliphatic rings. The zero-order chi connectivity index (χ0) is 15.8. The van der Waals surface area contributed by atoms with Gasteiger partial charge in [0.2, 0.25) is 0 Å². The third-order valence-electron chi connectivity index (χ3n) is 3.16. The molecule has 1 amide bonds. The van der Waals surface area contributed by atoms with Crippen molar-refractivity contribution in [3.8, 4) is 0 Å². The number of anilines is 1. The fourth-order valence-corrected chi connectivity index (χ4v) is 2.31. The van der Waals surface area contributed by atoms with Crippen LogP contribution >= 0.6 is 0 Å². The Kier molecular flexibility index (Phi) is 3.87. The van der Waals surface area contributed by atoms with E-state index < -0.39 is 22.7 Å². The Labute approximate surface area is 122 Å². The van der Waals surface area contributed by atoms with Crippen molar-refractivity contribution < 1.29 is 19.6 Å². The molecular formula is C14H18N2O5. The number of hydrogen-bond acceptors (Lipinski definition) is 5. The summed E-state index contributed by atoms with van der Waals surface area (Å²) < 4.78 is 5.32. The highest BCUT2D eigenvalue weighted by Crippen LogP contribution is 2.36. The molecule has 1 aliphatic heterocycles. The predicted molar refractivity (Wildman–Crippen MR) is 76.4 cm³/mol. The Bertz CT molecular complexity index is 579. The largest absolute Gasteiger partial charge is 0.443 e. The zero-order valence-electron chi connectivity index (χ0n) is 12.2. The van der Waals surface area contributed by atoms with Crippen molar-refractivity contribution in [2.45, 2.75) is 38.8 Å². The van der Waals surface area contributed by atoms with Crippen molar-refractivity contribution in [3.05, 3.63) is 33.9 Å². The number of nitrogens with zero attached hydrogens (tertiary/aromatic N) is 2. The molecule has 2 rings (SSSR count). The number of aliphatic hydroxyl groups is 1. The molecule has 1 aromatic rings. The lowest BCUT2D eigenvalue weighted by molar-refractivity contribution is -0.384. The summed E-state index contributed by atoms with van der Waals surface area (Å²) in [5.74, 6) is 0. The molecule has 1 atom stereocenters. The maximum absolute atomic E-state index is 12.3. The molecule has 0 aliphatic carbocycles. The van der Waals surface area contributed by atoms with Crippen LogP contribution in [0, 0.1) is 10.1 Å². The van der Waals surface area contributed by atoms with E-state index in [1.54, 1.807) is 26.8 Å². The number of amides is 1. The number of aliphatic hydroxyl groups excluding tert-OH is 1. The number of nitro groups is 1. The molecule has 0 saturated carbocycles. The lowest BCUT2D eigenvalue weighted by Gasteiger charge is -2.28. The summed E-state index contributed by atoms with van der Waals surface area (Å²) in [4.78, 5) is 24.0. The topological polar surface area (TPSA) is 92.9 Å². The minimum Gasteiger partial charge on any atom is -0.443 e. The number of carbonyl (C=O) groups is 1. The van der Waals surface area contributed by atoms with Crippen molar-refractivity contribution in [1.29, 1.82) is 0 Å². The van der Waals surface area contributed by atoms with Crippen LogP contribution in [0.25, 0.3) is 0 Å². The van der Waals surface area contributed by atoms with Gasteiger partial charge in [-0.15, -0.1) is 0 Å². The third kappa shape index (κ3) is 3.13. The van der Waals surface area contributed by atoms with Crippen molar-refractivity contribution >= 4 is 17.5 Å². The van der Waals surface area contributed by atoms with Gasteiger partial charge in [-0.05, 0) is 32.8 Å². The maximum Gasteiger partial charge on any atom is 0.415 e. The summed E-state index contributed by atoms with van der Waals surface area (Å²) in [7, 11) is 0. The van der Waals surface area contributed by atoms with Crippen LogP contribution in [-0.2, 0) is 11.2 Å². The highest BCUT2D eigenvalue weighted by Gasteiger charge is 2.37. The molecule has 21 heavy (non-hydrogen) atoms. The van der Waals surface area contributed by atoms with Gasteiger partial charge >= 0.3 is 6.09 Å². The number of nitro benzene ring substituents is 1. The molecule has 1 N–H and O–H groups in total. The Morgan fingerprint density at radius 3 is 2.71 bits per heavy atom. The minimum absolute atomic E-state index is 0.0964. The van der Waals surface area contributed by atoms with Crippen molar-refractivity contribution in [2.75, 3.05) is 11.5 Å². The average molecular weight is 294 g/mol. The van der Waals surface area contributed by atoms with Crippen LogP contribution in [0.3, 0.4) is 0 Å². The fraction of sp³-hybridized carbons (Fsp3) is 0.500. The van der Waals surface area contributed by atoms with Gasteiger partial charge in [0, 0.05) is 12.1 Å². The quantitative estimate of drug-likeness (QED) is 0.667. The summed E-state index contributed by atoms with van der Waals surface area (Å²) >= 11 is 0. The van der Waals surface area contributed by atoms with E-state index in [2.05, 4.69) is 0 Å². The van der Waals surface area contributed by atoms with Crippen LogP contribution in [-0.4, -0.2) is 34.4 Å². The van der Waals surface area contributed by atoms with E-state index in [4.69, 9.17) is 4.74 Å². The van der Waals surface area contributed by atoms with Crippen LogP contribution in [0.4, 0.5) is 16.2 Å². The number of rotatable bonds is 2. The van der Waals surface area contributed by atoms with E-state index in [0.29, 0.717) is 12.1 Å². The van der Waals surface area contributed by atoms with Gasteiger partial charge in [-0.3, -0.25) is 15.0 Å². The number of hydrogen-bond donors (Lipinski definition) is 1. The lowest BCUT2D eigenvalue weighted by atomic mass is 10.1. The van der Waals surface area contributed by atoms with Crippen molar-refractivity contribution in [3.63, 3.8) is 0 Å². The van der Waals surface area contributed by atoms with Gasteiger partial charge in [0.1, 0.15) is 5.60 Å². The van der Waals surface area contributed by atoms with Gasteiger partial charge in [0.05, 0.1) is 23.3 Å². The molecule has 1 heterocycles.